The number of hydrogen-bond donors (Lipinski definition) is 1. The zero-order valence-electron chi connectivity index (χ0n) is 23.5. The maximum atomic E-state index is 14.0. The van der Waals surface area contributed by atoms with E-state index in [1.165, 1.54) is 11.3 Å². The Kier molecular flexibility index (Phi) is 9.63. The van der Waals surface area contributed by atoms with Crippen molar-refractivity contribution in [2.24, 2.45) is 0 Å². The molecule has 1 atom stereocenters. The van der Waals surface area contributed by atoms with Crippen molar-refractivity contribution in [3.8, 4) is 0 Å². The molecule has 0 spiro atoms. The molecule has 0 radical (unpaired) electrons. The van der Waals surface area contributed by atoms with Crippen molar-refractivity contribution < 1.29 is 18.0 Å². The first-order valence-corrected chi connectivity index (χ1v) is 15.4. The molecule has 7 nitrogen and oxygen atoms in total. The maximum Gasteiger partial charge on any atom is 0.264 e. The molecule has 0 aromatic heterocycles. The molecule has 8 heteroatoms. The molecule has 0 saturated heterocycles. The number of nitrogens with zero attached hydrogens (tertiary/aromatic N) is 2. The van der Waals surface area contributed by atoms with Crippen LogP contribution in [0.2, 0.25) is 0 Å². The quantitative estimate of drug-likeness (QED) is 0.361. The smallest absolute Gasteiger partial charge is 0.264 e. The van der Waals surface area contributed by atoms with Gasteiger partial charge in [-0.05, 0) is 69.0 Å². The van der Waals surface area contributed by atoms with Gasteiger partial charge in [-0.25, -0.2) is 8.42 Å². The standard InChI is InChI=1S/C32H39N3O4S/c1-24-17-19-30(20-18-24)40(38,39)35(29-16-10-11-25(2)21-29)23-31(36)34(22-27-12-6-4-7-13-27)26(3)32(37)33-28-14-8-5-9-15-28/h4,6-7,10-13,16-21,26,28H,5,8-9,14-15,22-23H2,1-3H3,(H,33,37)/t26-/m0/s1. The van der Waals surface area contributed by atoms with Gasteiger partial charge in [0.1, 0.15) is 12.6 Å². The summed E-state index contributed by atoms with van der Waals surface area (Å²) in [6.45, 7) is 5.23. The highest BCUT2D eigenvalue weighted by molar-refractivity contribution is 7.92. The molecule has 3 aromatic carbocycles. The highest BCUT2D eigenvalue weighted by Gasteiger charge is 2.33. The third-order valence-corrected chi connectivity index (χ3v) is 9.28. The van der Waals surface area contributed by atoms with Gasteiger partial charge in [0, 0.05) is 12.6 Å². The minimum Gasteiger partial charge on any atom is -0.352 e. The van der Waals surface area contributed by atoms with Gasteiger partial charge in [0.05, 0.1) is 10.6 Å². The first-order chi connectivity index (χ1) is 19.1. The van der Waals surface area contributed by atoms with E-state index in [1.807, 2.05) is 50.2 Å². The summed E-state index contributed by atoms with van der Waals surface area (Å²) in [5.74, 6) is -0.674. The molecule has 1 saturated carbocycles. The molecule has 0 bridgehead atoms. The van der Waals surface area contributed by atoms with Crippen LogP contribution in [0.1, 0.15) is 55.7 Å². The molecule has 3 aromatic rings. The highest BCUT2D eigenvalue weighted by Crippen LogP contribution is 2.26. The lowest BCUT2D eigenvalue weighted by Gasteiger charge is -2.33. The van der Waals surface area contributed by atoms with E-state index < -0.39 is 28.5 Å². The van der Waals surface area contributed by atoms with Crippen LogP contribution in [0.25, 0.3) is 0 Å². The summed E-state index contributed by atoms with van der Waals surface area (Å²) < 4.78 is 29.0. The van der Waals surface area contributed by atoms with Gasteiger partial charge in [-0.3, -0.25) is 13.9 Å². The van der Waals surface area contributed by atoms with Gasteiger partial charge in [0.2, 0.25) is 11.8 Å². The van der Waals surface area contributed by atoms with E-state index in [-0.39, 0.29) is 23.4 Å². The Morgan fingerprint density at radius 2 is 1.55 bits per heavy atom. The number of nitrogens with one attached hydrogen (secondary N) is 1. The van der Waals surface area contributed by atoms with E-state index in [0.717, 1.165) is 46.7 Å². The third-order valence-electron chi connectivity index (χ3n) is 7.49. The average molecular weight is 562 g/mol. The Hall–Kier alpha value is -3.65. The Morgan fingerprint density at radius 1 is 0.875 bits per heavy atom. The van der Waals surface area contributed by atoms with Crippen molar-refractivity contribution in [2.45, 2.75) is 76.4 Å². The summed E-state index contributed by atoms with van der Waals surface area (Å²) in [6, 6.07) is 22.4. The van der Waals surface area contributed by atoms with Crippen LogP contribution in [-0.2, 0) is 26.2 Å². The summed E-state index contributed by atoms with van der Waals surface area (Å²) in [4.78, 5) is 29.0. The molecule has 1 N–H and O–H groups in total. The number of carbonyl (C=O) groups excluding carboxylic acids is 2. The van der Waals surface area contributed by atoms with E-state index >= 15 is 0 Å². The predicted molar refractivity (Wildman–Crippen MR) is 158 cm³/mol. The number of anilines is 1. The second-order valence-electron chi connectivity index (χ2n) is 10.7. The Labute approximate surface area is 238 Å². The molecule has 1 aliphatic carbocycles. The first kappa shape index (κ1) is 29.3. The lowest BCUT2D eigenvalue weighted by molar-refractivity contribution is -0.139. The number of aryl methyl sites for hydroxylation is 2. The van der Waals surface area contributed by atoms with Crippen LogP contribution in [0.15, 0.2) is 83.8 Å². The molecule has 1 fully saturated rings. The van der Waals surface area contributed by atoms with Crippen LogP contribution >= 0.6 is 0 Å². The largest absolute Gasteiger partial charge is 0.352 e. The SMILES string of the molecule is Cc1ccc(S(=O)(=O)N(CC(=O)N(Cc2ccccc2)[C@@H](C)C(=O)NC2CCCCC2)c2cccc(C)c2)cc1. The molecular formula is C32H39N3O4S. The number of sulfonamides is 1. The fourth-order valence-electron chi connectivity index (χ4n) is 5.08. The summed E-state index contributed by atoms with van der Waals surface area (Å²) in [5.41, 5.74) is 3.06. The van der Waals surface area contributed by atoms with E-state index in [4.69, 9.17) is 0 Å². The molecular weight excluding hydrogens is 522 g/mol. The van der Waals surface area contributed by atoms with Gasteiger partial charge in [-0.2, -0.15) is 0 Å². The number of rotatable bonds is 10. The second-order valence-corrected chi connectivity index (χ2v) is 12.6. The van der Waals surface area contributed by atoms with Crippen molar-refractivity contribution in [3.05, 3.63) is 95.6 Å². The minimum atomic E-state index is -4.07. The van der Waals surface area contributed by atoms with Crippen molar-refractivity contribution in [2.75, 3.05) is 10.8 Å². The minimum absolute atomic E-state index is 0.100. The van der Waals surface area contributed by atoms with Gasteiger partial charge in [-0.15, -0.1) is 0 Å². The van der Waals surface area contributed by atoms with Gasteiger partial charge in [0.25, 0.3) is 10.0 Å². The van der Waals surface area contributed by atoms with Crippen molar-refractivity contribution >= 4 is 27.5 Å². The number of amides is 2. The molecule has 212 valence electrons. The van der Waals surface area contributed by atoms with Gasteiger partial charge >= 0.3 is 0 Å². The number of carbonyl (C=O) groups is 2. The van der Waals surface area contributed by atoms with Crippen LogP contribution in [0.3, 0.4) is 0 Å². The highest BCUT2D eigenvalue weighted by atomic mass is 32.2. The van der Waals surface area contributed by atoms with Crippen LogP contribution in [0.4, 0.5) is 5.69 Å². The molecule has 2 amide bonds. The lowest BCUT2D eigenvalue weighted by Crippen LogP contribution is -2.53. The van der Waals surface area contributed by atoms with E-state index in [1.54, 1.807) is 49.4 Å². The van der Waals surface area contributed by atoms with E-state index in [9.17, 15) is 18.0 Å². The summed E-state index contributed by atoms with van der Waals surface area (Å²) in [7, 11) is -4.07. The maximum absolute atomic E-state index is 14.0. The fraction of sp³-hybridized carbons (Fsp3) is 0.375. The fourth-order valence-corrected chi connectivity index (χ4v) is 6.49. The third kappa shape index (κ3) is 7.30. The van der Waals surface area contributed by atoms with E-state index in [2.05, 4.69) is 5.32 Å². The summed E-state index contributed by atoms with van der Waals surface area (Å²) in [5, 5.41) is 3.13. The van der Waals surface area contributed by atoms with Crippen molar-refractivity contribution in [3.63, 3.8) is 0 Å². The number of hydrogen-bond acceptors (Lipinski definition) is 4. The summed E-state index contributed by atoms with van der Waals surface area (Å²) in [6.07, 6.45) is 5.19. The Morgan fingerprint density at radius 3 is 2.20 bits per heavy atom. The molecule has 1 aliphatic rings. The van der Waals surface area contributed by atoms with Crippen LogP contribution < -0.4 is 9.62 Å². The van der Waals surface area contributed by atoms with Crippen LogP contribution in [0, 0.1) is 13.8 Å². The normalized spacial score (nSPS) is 14.8. The van der Waals surface area contributed by atoms with Crippen molar-refractivity contribution in [1.82, 2.24) is 10.2 Å². The van der Waals surface area contributed by atoms with Gasteiger partial charge in [0.15, 0.2) is 0 Å². The zero-order chi connectivity index (χ0) is 28.7. The zero-order valence-corrected chi connectivity index (χ0v) is 24.4. The lowest BCUT2D eigenvalue weighted by atomic mass is 9.95. The molecule has 40 heavy (non-hydrogen) atoms. The monoisotopic (exact) mass is 561 g/mol. The first-order valence-electron chi connectivity index (χ1n) is 13.9. The topological polar surface area (TPSA) is 86.8 Å². The average Bonchev–Trinajstić information content (AvgIpc) is 2.95. The van der Waals surface area contributed by atoms with E-state index in [0.29, 0.717) is 5.69 Å². The molecule has 0 unspecified atom stereocenters. The Balaban J connectivity index is 1.66. The van der Waals surface area contributed by atoms with Gasteiger partial charge in [-0.1, -0.05) is 79.4 Å². The van der Waals surface area contributed by atoms with Crippen molar-refractivity contribution in [1.29, 1.82) is 0 Å². The number of benzene rings is 3. The molecule has 0 heterocycles. The van der Waals surface area contributed by atoms with Crippen LogP contribution in [-0.4, -0.2) is 43.8 Å². The van der Waals surface area contributed by atoms with Crippen LogP contribution in [0.5, 0.6) is 0 Å². The molecule has 4 rings (SSSR count). The van der Waals surface area contributed by atoms with Gasteiger partial charge < -0.3 is 10.2 Å². The Bertz CT molecular complexity index is 1400. The predicted octanol–water partition coefficient (Wildman–Crippen LogP) is 5.36. The summed E-state index contributed by atoms with van der Waals surface area (Å²) >= 11 is 0. The second kappa shape index (κ2) is 13.1. The molecule has 0 aliphatic heterocycles.